The fourth-order valence-electron chi connectivity index (χ4n) is 2.09. The molecule has 2 aromatic rings. The largest absolute Gasteiger partial charge is 0.440 e. The average molecular weight is 496 g/mol. The third kappa shape index (κ3) is 11.7. The van der Waals surface area contributed by atoms with E-state index in [0.29, 0.717) is 5.56 Å². The lowest BCUT2D eigenvalue weighted by Crippen LogP contribution is -2.24. The van der Waals surface area contributed by atoms with Crippen LogP contribution in [0, 0.1) is 13.8 Å². The van der Waals surface area contributed by atoms with Gasteiger partial charge in [0.1, 0.15) is 0 Å². The van der Waals surface area contributed by atoms with Crippen LogP contribution in [-0.2, 0) is 9.47 Å². The quantitative estimate of drug-likeness (QED) is 0.333. The number of benzene rings is 2. The Labute approximate surface area is 190 Å². The monoisotopic (exact) mass is 496 g/mol. The molecule has 0 aliphatic carbocycles. The van der Waals surface area contributed by atoms with Crippen LogP contribution in [0.5, 0.6) is 0 Å². The molecule has 0 atom stereocenters. The molecule has 0 saturated heterocycles. The summed E-state index contributed by atoms with van der Waals surface area (Å²) in [5.41, 5.74) is 13.9. The first kappa shape index (κ1) is 28.2. The normalized spacial score (nSPS) is 11.1. The van der Waals surface area contributed by atoms with E-state index in [9.17, 15) is 35.9 Å². The Morgan fingerprint density at radius 2 is 1.29 bits per heavy atom. The number of halogens is 6. The van der Waals surface area contributed by atoms with Gasteiger partial charge in [-0.15, -0.1) is 0 Å². The Hall–Kier alpha value is -3.84. The molecule has 0 unspecified atom stereocenters. The SMILES string of the molecule is Cc1ccc(N)cc1N.Cc1ccc(NC(=O)OCC(F)(F)F)cc1NC(=O)OCC(F)(F)F. The van der Waals surface area contributed by atoms with Crippen molar-refractivity contribution in [2.75, 3.05) is 35.3 Å². The van der Waals surface area contributed by atoms with E-state index in [0.717, 1.165) is 23.0 Å². The number of nitrogens with two attached hydrogens (primary N) is 2. The summed E-state index contributed by atoms with van der Waals surface area (Å²) in [7, 11) is 0. The molecule has 0 fully saturated rings. The third-order valence-corrected chi connectivity index (χ3v) is 3.76. The van der Waals surface area contributed by atoms with Crippen LogP contribution in [0.25, 0.3) is 0 Å². The molecule has 0 radical (unpaired) electrons. The Morgan fingerprint density at radius 1 is 0.794 bits per heavy atom. The number of hydrogen-bond acceptors (Lipinski definition) is 6. The number of carbonyl (C=O) groups is 2. The van der Waals surface area contributed by atoms with Crippen molar-refractivity contribution in [1.29, 1.82) is 0 Å². The fourth-order valence-corrected chi connectivity index (χ4v) is 2.09. The molecule has 2 rings (SSSR count). The van der Waals surface area contributed by atoms with Gasteiger partial charge in [-0.25, -0.2) is 9.59 Å². The predicted molar refractivity (Wildman–Crippen MR) is 113 cm³/mol. The van der Waals surface area contributed by atoms with Crippen molar-refractivity contribution < 1.29 is 45.4 Å². The lowest BCUT2D eigenvalue weighted by Gasteiger charge is -2.13. The van der Waals surface area contributed by atoms with Crippen molar-refractivity contribution in [2.24, 2.45) is 0 Å². The Kier molecular flexibility index (Phi) is 9.83. The molecule has 6 N–H and O–H groups in total. The van der Waals surface area contributed by atoms with Crippen molar-refractivity contribution in [1.82, 2.24) is 0 Å². The highest BCUT2D eigenvalue weighted by molar-refractivity contribution is 5.89. The van der Waals surface area contributed by atoms with Crippen LogP contribution < -0.4 is 22.1 Å². The van der Waals surface area contributed by atoms with Gasteiger partial charge >= 0.3 is 24.5 Å². The van der Waals surface area contributed by atoms with Crippen molar-refractivity contribution in [3.05, 3.63) is 47.5 Å². The summed E-state index contributed by atoms with van der Waals surface area (Å²) < 4.78 is 79.5. The molecule has 14 heteroatoms. The van der Waals surface area contributed by atoms with Crippen LogP contribution in [0.2, 0.25) is 0 Å². The van der Waals surface area contributed by atoms with E-state index in [1.807, 2.05) is 29.7 Å². The van der Waals surface area contributed by atoms with Crippen LogP contribution in [0.4, 0.5) is 58.7 Å². The first-order valence-corrected chi connectivity index (χ1v) is 9.29. The fraction of sp³-hybridized carbons (Fsp3) is 0.300. The number of nitrogen functional groups attached to an aromatic ring is 2. The van der Waals surface area contributed by atoms with Gasteiger partial charge in [-0.3, -0.25) is 10.6 Å². The predicted octanol–water partition coefficient (Wildman–Crippen LogP) is 5.38. The van der Waals surface area contributed by atoms with Crippen molar-refractivity contribution in [2.45, 2.75) is 26.2 Å². The molecule has 0 aromatic heterocycles. The second-order valence-corrected chi connectivity index (χ2v) is 6.78. The zero-order valence-electron chi connectivity index (χ0n) is 17.9. The number of rotatable bonds is 4. The second kappa shape index (κ2) is 11.9. The van der Waals surface area contributed by atoms with Gasteiger partial charge in [-0.1, -0.05) is 12.1 Å². The molecule has 0 saturated carbocycles. The van der Waals surface area contributed by atoms with Crippen molar-refractivity contribution >= 4 is 34.9 Å². The van der Waals surface area contributed by atoms with Crippen LogP contribution in [0.3, 0.4) is 0 Å². The molecule has 0 bridgehead atoms. The zero-order chi connectivity index (χ0) is 26.1. The van der Waals surface area contributed by atoms with Gasteiger partial charge in [-0.05, 0) is 49.2 Å². The van der Waals surface area contributed by atoms with Gasteiger partial charge in [0.15, 0.2) is 13.2 Å². The highest BCUT2D eigenvalue weighted by Crippen LogP contribution is 2.22. The minimum absolute atomic E-state index is 0.0132. The Balaban J connectivity index is 0.000000533. The molecule has 0 spiro atoms. The van der Waals surface area contributed by atoms with Crippen molar-refractivity contribution in [3.8, 4) is 0 Å². The number of hydrogen-bond donors (Lipinski definition) is 4. The maximum absolute atomic E-state index is 12.0. The number of carbonyl (C=O) groups excluding carboxylic acids is 2. The maximum atomic E-state index is 12.0. The van der Waals surface area contributed by atoms with Crippen LogP contribution in [0.1, 0.15) is 11.1 Å². The van der Waals surface area contributed by atoms with E-state index in [2.05, 4.69) is 9.47 Å². The number of ether oxygens (including phenoxy) is 2. The highest BCUT2D eigenvalue weighted by Gasteiger charge is 2.30. The summed E-state index contributed by atoms with van der Waals surface area (Å²) >= 11 is 0. The summed E-state index contributed by atoms with van der Waals surface area (Å²) in [6, 6.07) is 9.26. The molecule has 8 nitrogen and oxygen atoms in total. The molecule has 0 aliphatic rings. The molecule has 0 heterocycles. The summed E-state index contributed by atoms with van der Waals surface area (Å²) in [5.74, 6) is 0. The van der Waals surface area contributed by atoms with E-state index < -0.39 is 37.8 Å². The number of nitrogens with one attached hydrogen (secondary N) is 2. The lowest BCUT2D eigenvalue weighted by molar-refractivity contribution is -0.159. The summed E-state index contributed by atoms with van der Waals surface area (Å²) in [6.07, 6.45) is -12.2. The van der Waals surface area contributed by atoms with Gasteiger partial charge < -0.3 is 20.9 Å². The molecule has 2 aromatic carbocycles. The minimum Gasteiger partial charge on any atom is -0.440 e. The second-order valence-electron chi connectivity index (χ2n) is 6.78. The maximum Gasteiger partial charge on any atom is 0.422 e. The first-order valence-electron chi connectivity index (χ1n) is 9.29. The first-order chi connectivity index (χ1) is 15.6. The zero-order valence-corrected chi connectivity index (χ0v) is 17.9. The van der Waals surface area contributed by atoms with E-state index in [1.165, 1.54) is 19.1 Å². The standard InChI is InChI=1S/C13H12F6N2O4.C7H10N2/c1-7-2-3-8(20-10(22)24-5-12(14,15)16)4-9(7)21-11(23)25-6-13(17,18)19;1-5-2-3-6(8)4-7(5)9/h2-4H,5-6H2,1H3,(H,20,22)(H,21,23);2-4H,8-9H2,1H3. The van der Waals surface area contributed by atoms with Gasteiger partial charge in [-0.2, -0.15) is 26.3 Å². The third-order valence-electron chi connectivity index (χ3n) is 3.76. The van der Waals surface area contributed by atoms with E-state index >= 15 is 0 Å². The topological polar surface area (TPSA) is 129 Å². The number of amides is 2. The Bertz CT molecular complexity index is 996. The van der Waals surface area contributed by atoms with Crippen LogP contribution in [-0.4, -0.2) is 37.8 Å². The van der Waals surface area contributed by atoms with E-state index in [-0.39, 0.29) is 11.4 Å². The number of aryl methyl sites for hydroxylation is 2. The number of anilines is 4. The van der Waals surface area contributed by atoms with Crippen LogP contribution >= 0.6 is 0 Å². The summed E-state index contributed by atoms with van der Waals surface area (Å²) in [5, 5.41) is 4.00. The summed E-state index contributed by atoms with van der Waals surface area (Å²) in [4.78, 5) is 22.5. The van der Waals surface area contributed by atoms with Crippen LogP contribution in [0.15, 0.2) is 36.4 Å². The smallest absolute Gasteiger partial charge is 0.422 e. The average Bonchev–Trinajstić information content (AvgIpc) is 2.70. The van der Waals surface area contributed by atoms with E-state index in [1.54, 1.807) is 6.07 Å². The molecule has 34 heavy (non-hydrogen) atoms. The Morgan fingerprint density at radius 3 is 1.76 bits per heavy atom. The number of alkyl halides is 6. The minimum atomic E-state index is -4.70. The molecular formula is C20H22F6N4O4. The molecule has 188 valence electrons. The van der Waals surface area contributed by atoms with Gasteiger partial charge in [0.25, 0.3) is 0 Å². The molecular weight excluding hydrogens is 474 g/mol. The van der Waals surface area contributed by atoms with Gasteiger partial charge in [0.05, 0.1) is 0 Å². The highest BCUT2D eigenvalue weighted by atomic mass is 19.4. The lowest BCUT2D eigenvalue weighted by atomic mass is 10.2. The van der Waals surface area contributed by atoms with E-state index in [4.69, 9.17) is 11.5 Å². The summed E-state index contributed by atoms with van der Waals surface area (Å²) in [6.45, 7) is -0.140. The van der Waals surface area contributed by atoms with Gasteiger partial charge in [0, 0.05) is 22.7 Å². The van der Waals surface area contributed by atoms with Crippen molar-refractivity contribution in [3.63, 3.8) is 0 Å². The molecule has 0 aliphatic heterocycles. The van der Waals surface area contributed by atoms with Gasteiger partial charge in [0.2, 0.25) is 0 Å². The molecule has 2 amide bonds.